The number of aromatic amines is 1. The first-order chi connectivity index (χ1) is 15.4. The average molecular weight is 455 g/mol. The summed E-state index contributed by atoms with van der Waals surface area (Å²) in [5, 5.41) is 27.9. The molecule has 0 unspecified atom stereocenters. The highest BCUT2D eigenvalue weighted by Crippen LogP contribution is 2.39. The largest absolute Gasteiger partial charge is 0.479 e. The van der Waals surface area contributed by atoms with Crippen molar-refractivity contribution in [2.24, 2.45) is 0 Å². The van der Waals surface area contributed by atoms with E-state index >= 15 is 0 Å². The smallest absolute Gasteiger partial charge is 0.333 e. The highest BCUT2D eigenvalue weighted by molar-refractivity contribution is 6.30. The van der Waals surface area contributed by atoms with Crippen molar-refractivity contribution in [3.05, 3.63) is 76.6 Å². The Morgan fingerprint density at radius 2 is 1.91 bits per heavy atom. The SMILES string of the molecule is O=C(NN(Cc1ccc(-c2cccc(Cl)c2)cc1)C[C@@H](O)C(=O)O)c1cc(C2CC2)[nH]n1. The lowest BCUT2D eigenvalue weighted by Crippen LogP contribution is -2.47. The number of hydrogen-bond acceptors (Lipinski definition) is 5. The summed E-state index contributed by atoms with van der Waals surface area (Å²) in [5.41, 5.74) is 6.58. The lowest BCUT2D eigenvalue weighted by molar-refractivity contribution is -0.148. The molecule has 0 spiro atoms. The number of halogens is 1. The molecule has 1 saturated carbocycles. The summed E-state index contributed by atoms with van der Waals surface area (Å²) >= 11 is 6.06. The van der Waals surface area contributed by atoms with Gasteiger partial charge in [0.15, 0.2) is 11.8 Å². The molecule has 32 heavy (non-hydrogen) atoms. The number of aliphatic hydroxyl groups is 1. The molecule has 1 amide bonds. The molecule has 1 aromatic heterocycles. The summed E-state index contributed by atoms with van der Waals surface area (Å²) in [6.07, 6.45) is 0.499. The van der Waals surface area contributed by atoms with E-state index in [0.717, 1.165) is 35.2 Å². The van der Waals surface area contributed by atoms with E-state index in [-0.39, 0.29) is 18.8 Å². The van der Waals surface area contributed by atoms with E-state index in [9.17, 15) is 14.7 Å². The first kappa shape index (κ1) is 22.0. The fraction of sp³-hybridized carbons (Fsp3) is 0.261. The molecular weight excluding hydrogens is 432 g/mol. The molecule has 0 aliphatic heterocycles. The Balaban J connectivity index is 1.46. The maximum absolute atomic E-state index is 12.6. The molecule has 1 atom stereocenters. The Bertz CT molecular complexity index is 1110. The van der Waals surface area contributed by atoms with Crippen LogP contribution in [0, 0.1) is 0 Å². The number of nitrogens with zero attached hydrogens (tertiary/aromatic N) is 2. The standard InChI is InChI=1S/C23H23ClN4O4/c24-18-3-1-2-17(10-18)15-6-4-14(5-7-15)12-28(13-21(29)23(31)32)27-22(30)20-11-19(25-26-20)16-8-9-16/h1-7,10-11,16,21,29H,8-9,12-13H2,(H,25,26)(H,27,30)(H,31,32)/t21-/m1/s1. The van der Waals surface area contributed by atoms with Crippen LogP contribution in [0.5, 0.6) is 0 Å². The van der Waals surface area contributed by atoms with E-state index in [1.54, 1.807) is 12.1 Å². The number of aliphatic carboxylic acids is 1. The van der Waals surface area contributed by atoms with Crippen molar-refractivity contribution < 1.29 is 19.8 Å². The van der Waals surface area contributed by atoms with Gasteiger partial charge in [0.25, 0.3) is 5.91 Å². The van der Waals surface area contributed by atoms with Gasteiger partial charge < -0.3 is 10.2 Å². The molecule has 1 aliphatic rings. The quantitative estimate of drug-likeness (QED) is 0.369. The lowest BCUT2D eigenvalue weighted by Gasteiger charge is -2.24. The Morgan fingerprint density at radius 1 is 1.16 bits per heavy atom. The van der Waals surface area contributed by atoms with Gasteiger partial charge in [-0.3, -0.25) is 15.3 Å². The van der Waals surface area contributed by atoms with E-state index < -0.39 is 18.0 Å². The highest BCUT2D eigenvalue weighted by Gasteiger charge is 2.27. The number of hydrogen-bond donors (Lipinski definition) is 4. The first-order valence-electron chi connectivity index (χ1n) is 10.3. The lowest BCUT2D eigenvalue weighted by atomic mass is 10.0. The predicted molar refractivity (Wildman–Crippen MR) is 119 cm³/mol. The molecule has 4 N–H and O–H groups in total. The maximum atomic E-state index is 12.6. The molecule has 8 nitrogen and oxygen atoms in total. The van der Waals surface area contributed by atoms with Crippen molar-refractivity contribution in [1.82, 2.24) is 20.6 Å². The number of aliphatic hydroxyl groups excluding tert-OH is 1. The van der Waals surface area contributed by atoms with Gasteiger partial charge in [-0.25, -0.2) is 9.80 Å². The second-order valence-corrected chi connectivity index (χ2v) is 8.30. The van der Waals surface area contributed by atoms with Gasteiger partial charge in [-0.05, 0) is 47.7 Å². The third-order valence-electron chi connectivity index (χ3n) is 5.27. The molecule has 1 heterocycles. The van der Waals surface area contributed by atoms with Gasteiger partial charge in [-0.15, -0.1) is 0 Å². The molecular formula is C23H23ClN4O4. The Kier molecular flexibility index (Phi) is 6.55. The molecule has 0 radical (unpaired) electrons. The van der Waals surface area contributed by atoms with Crippen molar-refractivity contribution in [3.8, 4) is 11.1 Å². The van der Waals surface area contributed by atoms with E-state index in [0.29, 0.717) is 10.9 Å². The number of rotatable bonds is 9. The van der Waals surface area contributed by atoms with Crippen LogP contribution in [0.15, 0.2) is 54.6 Å². The Hall–Kier alpha value is -3.20. The minimum Gasteiger partial charge on any atom is -0.479 e. The van der Waals surface area contributed by atoms with Crippen LogP contribution >= 0.6 is 11.6 Å². The van der Waals surface area contributed by atoms with Crippen LogP contribution < -0.4 is 5.43 Å². The minimum atomic E-state index is -1.65. The molecule has 166 valence electrons. The number of hydrazine groups is 1. The Labute approximate surface area is 189 Å². The number of amides is 1. The second-order valence-electron chi connectivity index (χ2n) is 7.87. The predicted octanol–water partition coefficient (Wildman–Crippen LogP) is 3.20. The zero-order valence-corrected chi connectivity index (χ0v) is 17.9. The molecule has 0 saturated heterocycles. The molecule has 4 rings (SSSR count). The zero-order valence-electron chi connectivity index (χ0n) is 17.2. The number of carbonyl (C=O) groups is 2. The summed E-state index contributed by atoms with van der Waals surface area (Å²) < 4.78 is 0. The number of benzene rings is 2. The number of aromatic nitrogens is 2. The average Bonchev–Trinajstić information content (AvgIpc) is 3.50. The number of carboxylic acid groups (broad SMARTS) is 1. The van der Waals surface area contributed by atoms with E-state index in [1.807, 2.05) is 42.5 Å². The third-order valence-corrected chi connectivity index (χ3v) is 5.51. The van der Waals surface area contributed by atoms with Crippen LogP contribution in [-0.4, -0.2) is 49.9 Å². The van der Waals surface area contributed by atoms with Crippen LogP contribution in [-0.2, 0) is 11.3 Å². The van der Waals surface area contributed by atoms with Crippen LogP contribution in [0.4, 0.5) is 0 Å². The second kappa shape index (κ2) is 9.52. The van der Waals surface area contributed by atoms with Crippen LogP contribution in [0.25, 0.3) is 11.1 Å². The van der Waals surface area contributed by atoms with Gasteiger partial charge >= 0.3 is 5.97 Å². The molecule has 9 heteroatoms. The first-order valence-corrected chi connectivity index (χ1v) is 10.6. The van der Waals surface area contributed by atoms with Crippen molar-refractivity contribution in [2.75, 3.05) is 6.54 Å². The maximum Gasteiger partial charge on any atom is 0.333 e. The zero-order chi connectivity index (χ0) is 22.7. The minimum absolute atomic E-state index is 0.200. The molecule has 1 fully saturated rings. The fourth-order valence-electron chi connectivity index (χ4n) is 3.38. The van der Waals surface area contributed by atoms with Crippen molar-refractivity contribution in [2.45, 2.75) is 31.4 Å². The van der Waals surface area contributed by atoms with Crippen LogP contribution in [0.1, 0.15) is 40.5 Å². The van der Waals surface area contributed by atoms with Crippen molar-refractivity contribution >= 4 is 23.5 Å². The molecule has 1 aliphatic carbocycles. The van der Waals surface area contributed by atoms with E-state index in [2.05, 4.69) is 15.6 Å². The van der Waals surface area contributed by atoms with Crippen molar-refractivity contribution in [3.63, 3.8) is 0 Å². The fourth-order valence-corrected chi connectivity index (χ4v) is 3.58. The van der Waals surface area contributed by atoms with Crippen LogP contribution in [0.3, 0.4) is 0 Å². The topological polar surface area (TPSA) is 119 Å². The molecule has 2 aromatic carbocycles. The van der Waals surface area contributed by atoms with E-state index in [4.69, 9.17) is 16.7 Å². The summed E-state index contributed by atoms with van der Waals surface area (Å²) in [4.78, 5) is 23.8. The normalized spacial score (nSPS) is 14.3. The van der Waals surface area contributed by atoms with Gasteiger partial charge in [-0.2, -0.15) is 5.10 Å². The van der Waals surface area contributed by atoms with Gasteiger partial charge in [0.2, 0.25) is 0 Å². The summed E-state index contributed by atoms with van der Waals surface area (Å²) in [6.45, 7) is -0.0805. The van der Waals surface area contributed by atoms with Gasteiger partial charge in [-0.1, -0.05) is 48.0 Å². The summed E-state index contributed by atoms with van der Waals surface area (Å²) in [5.74, 6) is -1.41. The molecule has 0 bridgehead atoms. The van der Waals surface area contributed by atoms with Gasteiger partial charge in [0.05, 0.1) is 6.54 Å². The monoisotopic (exact) mass is 454 g/mol. The Morgan fingerprint density at radius 3 is 2.56 bits per heavy atom. The summed E-state index contributed by atoms with van der Waals surface area (Å²) in [7, 11) is 0. The third kappa shape index (κ3) is 5.53. The van der Waals surface area contributed by atoms with Gasteiger partial charge in [0.1, 0.15) is 0 Å². The number of H-pyrrole nitrogens is 1. The summed E-state index contributed by atoms with van der Waals surface area (Å²) in [6, 6.07) is 16.8. The van der Waals surface area contributed by atoms with Crippen molar-refractivity contribution in [1.29, 1.82) is 0 Å². The molecule has 3 aromatic rings. The highest BCUT2D eigenvalue weighted by atomic mass is 35.5. The van der Waals surface area contributed by atoms with Crippen LogP contribution in [0.2, 0.25) is 5.02 Å². The number of carboxylic acids is 1. The van der Waals surface area contributed by atoms with E-state index in [1.165, 1.54) is 5.01 Å². The number of carbonyl (C=O) groups excluding carboxylic acids is 1. The van der Waals surface area contributed by atoms with Gasteiger partial charge in [0, 0.05) is 23.2 Å². The number of nitrogens with one attached hydrogen (secondary N) is 2.